The molecule has 1 N–H and O–H groups in total. The summed E-state index contributed by atoms with van der Waals surface area (Å²) in [6, 6.07) is 4.45. The van der Waals surface area contributed by atoms with Gasteiger partial charge in [0.25, 0.3) is 0 Å². The molecule has 1 aromatic rings. The second-order valence-electron chi connectivity index (χ2n) is 6.22. The quantitative estimate of drug-likeness (QED) is 0.877. The molecule has 3 unspecified atom stereocenters. The number of nitrogens with zero attached hydrogens (tertiary/aromatic N) is 2. The van der Waals surface area contributed by atoms with E-state index in [1.165, 1.54) is 9.75 Å². The van der Waals surface area contributed by atoms with Crippen molar-refractivity contribution in [2.45, 2.75) is 51.9 Å². The molecule has 1 aliphatic heterocycles. The first-order valence-electron chi connectivity index (χ1n) is 7.73. The highest BCUT2D eigenvalue weighted by atomic mass is 32.1. The molecule has 0 aliphatic carbocycles. The van der Waals surface area contributed by atoms with E-state index < -0.39 is 0 Å². The molecule has 1 aromatic heterocycles. The van der Waals surface area contributed by atoms with E-state index in [0.29, 0.717) is 0 Å². The van der Waals surface area contributed by atoms with E-state index in [4.69, 9.17) is 0 Å². The van der Waals surface area contributed by atoms with E-state index in [-0.39, 0.29) is 24.2 Å². The van der Waals surface area contributed by atoms with Gasteiger partial charge in [0, 0.05) is 22.3 Å². The van der Waals surface area contributed by atoms with Crippen molar-refractivity contribution in [2.75, 3.05) is 20.6 Å². The Balaban J connectivity index is 2.24. The Morgan fingerprint density at radius 2 is 2.14 bits per heavy atom. The number of carbonyl (C=O) groups excluding carboxylic acids is 1. The standard InChI is InChI=1S/C16H27N3OS/c1-6-7-13-16(20)19(11(2)10-18(4)5)15(17-13)14-9-8-12(3)21-14/h8-9,11,13,15,17H,6-7,10H2,1-5H3. The molecule has 1 aliphatic rings. The van der Waals surface area contributed by atoms with E-state index >= 15 is 0 Å². The lowest BCUT2D eigenvalue weighted by molar-refractivity contribution is -0.132. The van der Waals surface area contributed by atoms with Crippen molar-refractivity contribution >= 4 is 17.2 Å². The lowest BCUT2D eigenvalue weighted by Crippen LogP contribution is -2.43. The number of nitrogens with one attached hydrogen (secondary N) is 1. The fraction of sp³-hybridized carbons (Fsp3) is 0.688. The highest BCUT2D eigenvalue weighted by molar-refractivity contribution is 7.12. The Labute approximate surface area is 132 Å². The van der Waals surface area contributed by atoms with Gasteiger partial charge in [-0.1, -0.05) is 13.3 Å². The lowest BCUT2D eigenvalue weighted by atomic mass is 10.1. The van der Waals surface area contributed by atoms with Crippen LogP contribution in [0.25, 0.3) is 0 Å². The predicted molar refractivity (Wildman–Crippen MR) is 88.5 cm³/mol. The number of amides is 1. The summed E-state index contributed by atoms with van der Waals surface area (Å²) in [5, 5.41) is 3.54. The van der Waals surface area contributed by atoms with Gasteiger partial charge in [-0.15, -0.1) is 11.3 Å². The molecule has 1 saturated heterocycles. The zero-order chi connectivity index (χ0) is 15.6. The van der Waals surface area contributed by atoms with Gasteiger partial charge in [-0.05, 0) is 46.5 Å². The van der Waals surface area contributed by atoms with E-state index in [1.54, 1.807) is 11.3 Å². The second kappa shape index (κ2) is 6.90. The molecule has 5 heteroatoms. The Morgan fingerprint density at radius 1 is 1.43 bits per heavy atom. The minimum Gasteiger partial charge on any atom is -0.317 e. The summed E-state index contributed by atoms with van der Waals surface area (Å²) in [6.45, 7) is 7.27. The van der Waals surface area contributed by atoms with Crippen molar-refractivity contribution in [1.29, 1.82) is 0 Å². The van der Waals surface area contributed by atoms with Crippen LogP contribution in [0.5, 0.6) is 0 Å². The van der Waals surface area contributed by atoms with E-state index in [9.17, 15) is 4.79 Å². The fourth-order valence-corrected chi connectivity index (χ4v) is 3.99. The average Bonchev–Trinajstić information content (AvgIpc) is 2.94. The number of aryl methyl sites for hydroxylation is 1. The lowest BCUT2D eigenvalue weighted by Gasteiger charge is -2.31. The monoisotopic (exact) mass is 309 g/mol. The first-order valence-corrected chi connectivity index (χ1v) is 8.55. The molecule has 4 nitrogen and oxygen atoms in total. The summed E-state index contributed by atoms with van der Waals surface area (Å²) >= 11 is 1.78. The van der Waals surface area contributed by atoms with Crippen molar-refractivity contribution in [1.82, 2.24) is 15.1 Å². The van der Waals surface area contributed by atoms with Crippen LogP contribution >= 0.6 is 11.3 Å². The maximum absolute atomic E-state index is 12.8. The van der Waals surface area contributed by atoms with E-state index in [1.807, 2.05) is 4.90 Å². The van der Waals surface area contributed by atoms with Crippen LogP contribution in [0.4, 0.5) is 0 Å². The van der Waals surface area contributed by atoms with Crippen LogP contribution in [0.3, 0.4) is 0 Å². The molecule has 0 radical (unpaired) electrons. The smallest absolute Gasteiger partial charge is 0.241 e. The van der Waals surface area contributed by atoms with Crippen LogP contribution in [0.15, 0.2) is 12.1 Å². The molecule has 21 heavy (non-hydrogen) atoms. The van der Waals surface area contributed by atoms with Crippen molar-refractivity contribution in [2.24, 2.45) is 0 Å². The summed E-state index contributed by atoms with van der Waals surface area (Å²) < 4.78 is 0. The van der Waals surface area contributed by atoms with Crippen LogP contribution in [-0.2, 0) is 4.79 Å². The first kappa shape index (κ1) is 16.5. The van der Waals surface area contributed by atoms with Crippen LogP contribution in [-0.4, -0.2) is 48.4 Å². The van der Waals surface area contributed by atoms with Crippen LogP contribution < -0.4 is 5.32 Å². The summed E-state index contributed by atoms with van der Waals surface area (Å²) in [4.78, 5) is 19.5. The third-order valence-electron chi connectivity index (χ3n) is 3.90. The topological polar surface area (TPSA) is 35.6 Å². The number of hydrogen-bond donors (Lipinski definition) is 1. The van der Waals surface area contributed by atoms with Crippen molar-refractivity contribution < 1.29 is 4.79 Å². The van der Waals surface area contributed by atoms with Gasteiger partial charge in [0.2, 0.25) is 5.91 Å². The molecule has 1 amide bonds. The fourth-order valence-electron chi connectivity index (χ4n) is 3.05. The van der Waals surface area contributed by atoms with Crippen molar-refractivity contribution in [3.8, 4) is 0 Å². The SMILES string of the molecule is CCCC1NC(c2ccc(C)s2)N(C(C)CN(C)C)C1=O. The van der Waals surface area contributed by atoms with E-state index in [2.05, 4.69) is 57.2 Å². The molecule has 0 aromatic carbocycles. The molecule has 0 bridgehead atoms. The third-order valence-corrected chi connectivity index (χ3v) is 4.96. The molecule has 0 spiro atoms. The summed E-state index contributed by atoms with van der Waals surface area (Å²) in [7, 11) is 4.11. The van der Waals surface area contributed by atoms with Crippen molar-refractivity contribution in [3.63, 3.8) is 0 Å². The third kappa shape index (κ3) is 3.65. The normalized spacial score (nSPS) is 24.1. The minimum atomic E-state index is -0.0352. The summed E-state index contributed by atoms with van der Waals surface area (Å²) in [6.07, 6.45) is 1.96. The average molecular weight is 309 g/mol. The minimum absolute atomic E-state index is 0.0303. The second-order valence-corrected chi connectivity index (χ2v) is 7.54. The maximum Gasteiger partial charge on any atom is 0.241 e. The first-order chi connectivity index (χ1) is 9.93. The van der Waals surface area contributed by atoms with Gasteiger partial charge < -0.3 is 9.80 Å². The van der Waals surface area contributed by atoms with Gasteiger partial charge in [-0.25, -0.2) is 0 Å². The van der Waals surface area contributed by atoms with Gasteiger partial charge in [-0.3, -0.25) is 10.1 Å². The number of rotatable bonds is 6. The van der Waals surface area contributed by atoms with Gasteiger partial charge >= 0.3 is 0 Å². The van der Waals surface area contributed by atoms with Gasteiger partial charge in [0.05, 0.1) is 6.04 Å². The molecule has 118 valence electrons. The zero-order valence-electron chi connectivity index (χ0n) is 13.7. The Kier molecular flexibility index (Phi) is 5.41. The molecule has 3 atom stereocenters. The van der Waals surface area contributed by atoms with Gasteiger partial charge in [0.1, 0.15) is 6.17 Å². The number of hydrogen-bond acceptors (Lipinski definition) is 4. The molecular weight excluding hydrogens is 282 g/mol. The van der Waals surface area contributed by atoms with Crippen LogP contribution in [0.1, 0.15) is 42.6 Å². The Morgan fingerprint density at radius 3 is 2.67 bits per heavy atom. The van der Waals surface area contributed by atoms with Crippen LogP contribution in [0.2, 0.25) is 0 Å². The number of carbonyl (C=O) groups is 1. The highest BCUT2D eigenvalue weighted by Crippen LogP contribution is 2.33. The highest BCUT2D eigenvalue weighted by Gasteiger charge is 2.41. The molecule has 2 rings (SSSR count). The molecule has 1 fully saturated rings. The number of likely N-dealkylation sites (N-methyl/N-ethyl adjacent to an activating group) is 1. The maximum atomic E-state index is 12.8. The largest absolute Gasteiger partial charge is 0.317 e. The van der Waals surface area contributed by atoms with E-state index in [0.717, 1.165) is 19.4 Å². The molecular formula is C16H27N3OS. The van der Waals surface area contributed by atoms with Gasteiger partial charge in [-0.2, -0.15) is 0 Å². The predicted octanol–water partition coefficient (Wildman–Crippen LogP) is 2.61. The summed E-state index contributed by atoms with van der Waals surface area (Å²) in [5.74, 6) is 0.252. The van der Waals surface area contributed by atoms with Gasteiger partial charge in [0.15, 0.2) is 0 Å². The molecule has 2 heterocycles. The molecule has 0 saturated carbocycles. The number of thiophene rings is 1. The summed E-state index contributed by atoms with van der Waals surface area (Å²) in [5.41, 5.74) is 0. The Bertz CT molecular complexity index is 486. The van der Waals surface area contributed by atoms with Crippen LogP contribution in [0, 0.1) is 6.92 Å². The Hall–Kier alpha value is -0.910. The van der Waals surface area contributed by atoms with Crippen molar-refractivity contribution in [3.05, 3.63) is 21.9 Å². The zero-order valence-corrected chi connectivity index (χ0v) is 14.5.